The van der Waals surface area contributed by atoms with Crippen molar-refractivity contribution in [2.45, 2.75) is 19.5 Å². The van der Waals surface area contributed by atoms with Gasteiger partial charge in [-0.25, -0.2) is 0 Å². The molecule has 0 fully saturated rings. The summed E-state index contributed by atoms with van der Waals surface area (Å²) in [6.45, 7) is 2.49. The Balaban J connectivity index is 2.41. The van der Waals surface area contributed by atoms with Gasteiger partial charge in [0.05, 0.1) is 23.0 Å². The summed E-state index contributed by atoms with van der Waals surface area (Å²) in [5, 5.41) is 8.96. The van der Waals surface area contributed by atoms with E-state index >= 15 is 0 Å². The van der Waals surface area contributed by atoms with E-state index in [2.05, 4.69) is 20.9 Å². The smallest absolute Gasteiger partial charge is 0.357 e. The number of nitrogens with one attached hydrogen (secondary N) is 3. The van der Waals surface area contributed by atoms with Crippen LogP contribution in [0.15, 0.2) is 23.2 Å². The van der Waals surface area contributed by atoms with Crippen LogP contribution >= 0.6 is 23.2 Å². The first-order chi connectivity index (χ1) is 11.7. The second-order valence-corrected chi connectivity index (χ2v) is 5.75. The molecular formula is C15H19Cl2F3N4O. The average Bonchev–Trinajstić information content (AvgIpc) is 2.52. The molecule has 0 saturated carbocycles. The van der Waals surface area contributed by atoms with Gasteiger partial charge in [-0.3, -0.25) is 9.79 Å². The Hall–Kier alpha value is -1.67. The minimum atomic E-state index is -4.24. The van der Waals surface area contributed by atoms with Gasteiger partial charge in [0.15, 0.2) is 5.96 Å². The third-order valence-electron chi connectivity index (χ3n) is 2.89. The summed E-state index contributed by atoms with van der Waals surface area (Å²) < 4.78 is 36.4. The van der Waals surface area contributed by atoms with Gasteiger partial charge in [-0.15, -0.1) is 0 Å². The molecule has 5 nitrogen and oxygen atoms in total. The van der Waals surface area contributed by atoms with Gasteiger partial charge in [0, 0.05) is 25.2 Å². The van der Waals surface area contributed by atoms with Crippen LogP contribution in [0.2, 0.25) is 10.0 Å². The van der Waals surface area contributed by atoms with E-state index in [1.54, 1.807) is 13.0 Å². The Morgan fingerprint density at radius 2 is 1.80 bits per heavy atom. The van der Waals surface area contributed by atoms with Gasteiger partial charge in [-0.05, 0) is 25.1 Å². The fourth-order valence-corrected chi connectivity index (χ4v) is 2.03. The Morgan fingerprint density at radius 1 is 1.12 bits per heavy atom. The number of rotatable bonds is 7. The molecule has 0 heterocycles. The van der Waals surface area contributed by atoms with Crippen LogP contribution < -0.4 is 16.0 Å². The van der Waals surface area contributed by atoms with Gasteiger partial charge in [-0.1, -0.05) is 23.2 Å². The third kappa shape index (κ3) is 8.83. The molecule has 0 aliphatic heterocycles. The lowest BCUT2D eigenvalue weighted by atomic mass is 10.2. The van der Waals surface area contributed by atoms with Gasteiger partial charge >= 0.3 is 6.18 Å². The average molecular weight is 399 g/mol. The van der Waals surface area contributed by atoms with E-state index in [9.17, 15) is 18.0 Å². The summed E-state index contributed by atoms with van der Waals surface area (Å²) in [5.74, 6) is -0.0742. The molecule has 0 bridgehead atoms. The molecule has 0 aliphatic carbocycles. The van der Waals surface area contributed by atoms with E-state index in [1.165, 1.54) is 12.1 Å². The van der Waals surface area contributed by atoms with Crippen molar-refractivity contribution in [2.24, 2.45) is 4.99 Å². The lowest BCUT2D eigenvalue weighted by molar-refractivity contribution is -0.132. The quantitative estimate of drug-likeness (QED) is 0.375. The van der Waals surface area contributed by atoms with Crippen LogP contribution in [0.1, 0.15) is 23.7 Å². The van der Waals surface area contributed by atoms with E-state index in [4.69, 9.17) is 23.2 Å². The Labute approximate surface area is 154 Å². The summed E-state index contributed by atoms with van der Waals surface area (Å²) in [4.78, 5) is 15.8. The summed E-state index contributed by atoms with van der Waals surface area (Å²) in [6, 6.07) is 4.52. The van der Waals surface area contributed by atoms with Crippen LogP contribution in [-0.4, -0.2) is 44.2 Å². The first-order valence-corrected chi connectivity index (χ1v) is 8.30. The number of hydrogen-bond acceptors (Lipinski definition) is 2. The van der Waals surface area contributed by atoms with Crippen LogP contribution in [0.4, 0.5) is 13.2 Å². The van der Waals surface area contributed by atoms with Gasteiger partial charge in [0.1, 0.15) is 0 Å². The number of guanidine groups is 1. The van der Waals surface area contributed by atoms with E-state index in [0.717, 1.165) is 0 Å². The fourth-order valence-electron chi connectivity index (χ4n) is 1.73. The van der Waals surface area contributed by atoms with Crippen molar-refractivity contribution in [3.05, 3.63) is 33.8 Å². The number of alkyl halides is 3. The minimum absolute atomic E-state index is 0.253. The summed E-state index contributed by atoms with van der Waals surface area (Å²) in [5.41, 5.74) is 0.361. The van der Waals surface area contributed by atoms with Gasteiger partial charge in [-0.2, -0.15) is 13.2 Å². The zero-order valence-electron chi connectivity index (χ0n) is 13.5. The third-order valence-corrected chi connectivity index (χ3v) is 3.63. The molecule has 0 aromatic heterocycles. The molecule has 0 radical (unpaired) electrons. The van der Waals surface area contributed by atoms with Crippen molar-refractivity contribution in [2.75, 3.05) is 26.2 Å². The Bertz CT molecular complexity index is 609. The zero-order valence-corrected chi connectivity index (χ0v) is 15.0. The lowest BCUT2D eigenvalue weighted by Crippen LogP contribution is -2.41. The first kappa shape index (κ1) is 21.4. The lowest BCUT2D eigenvalue weighted by Gasteiger charge is -2.12. The highest BCUT2D eigenvalue weighted by molar-refractivity contribution is 6.42. The minimum Gasteiger partial charge on any atom is -0.357 e. The molecule has 0 spiro atoms. The molecule has 0 saturated heterocycles. The molecule has 1 amide bonds. The van der Waals surface area contributed by atoms with Crippen molar-refractivity contribution < 1.29 is 18.0 Å². The fraction of sp³-hybridized carbons (Fsp3) is 0.467. The number of benzene rings is 1. The predicted octanol–water partition coefficient (Wildman–Crippen LogP) is 3.23. The molecule has 1 aromatic carbocycles. The highest BCUT2D eigenvalue weighted by Crippen LogP contribution is 2.22. The SMILES string of the molecule is CCNC(=NCCC(F)(F)F)NCCNC(=O)c1ccc(Cl)c(Cl)c1. The number of hydrogen-bond donors (Lipinski definition) is 3. The number of halogens is 5. The van der Waals surface area contributed by atoms with E-state index in [0.29, 0.717) is 23.7 Å². The van der Waals surface area contributed by atoms with E-state index in [1.807, 2.05) is 0 Å². The summed E-state index contributed by atoms with van der Waals surface area (Å²) in [7, 11) is 0. The molecule has 0 atom stereocenters. The maximum Gasteiger partial charge on any atom is 0.390 e. The Morgan fingerprint density at radius 3 is 2.40 bits per heavy atom. The highest BCUT2D eigenvalue weighted by Gasteiger charge is 2.26. The number of nitrogens with zero attached hydrogens (tertiary/aromatic N) is 1. The monoisotopic (exact) mass is 398 g/mol. The number of amides is 1. The van der Waals surface area contributed by atoms with Crippen molar-refractivity contribution in [1.82, 2.24) is 16.0 Å². The van der Waals surface area contributed by atoms with Crippen LogP contribution in [0.3, 0.4) is 0 Å². The number of aliphatic imine (C=N–C) groups is 1. The normalized spacial score (nSPS) is 12.0. The van der Waals surface area contributed by atoms with Crippen LogP contribution in [0, 0.1) is 0 Å². The molecule has 0 unspecified atom stereocenters. The van der Waals surface area contributed by atoms with E-state index < -0.39 is 12.6 Å². The molecule has 0 aliphatic rings. The number of carbonyl (C=O) groups excluding carboxylic acids is 1. The van der Waals surface area contributed by atoms with Crippen LogP contribution in [-0.2, 0) is 0 Å². The molecule has 25 heavy (non-hydrogen) atoms. The van der Waals surface area contributed by atoms with Gasteiger partial charge in [0.25, 0.3) is 5.91 Å². The summed E-state index contributed by atoms with van der Waals surface area (Å²) >= 11 is 11.6. The first-order valence-electron chi connectivity index (χ1n) is 7.55. The van der Waals surface area contributed by atoms with E-state index in [-0.39, 0.29) is 30.0 Å². The molecule has 1 aromatic rings. The van der Waals surface area contributed by atoms with Crippen LogP contribution in [0.5, 0.6) is 0 Å². The maximum absolute atomic E-state index is 12.1. The molecule has 10 heteroatoms. The van der Waals surface area contributed by atoms with Gasteiger partial charge < -0.3 is 16.0 Å². The Kier molecular flexibility index (Phi) is 8.85. The zero-order chi connectivity index (χ0) is 18.9. The topological polar surface area (TPSA) is 65.5 Å². The second kappa shape index (κ2) is 10.4. The van der Waals surface area contributed by atoms with Crippen molar-refractivity contribution >= 4 is 35.1 Å². The standard InChI is InChI=1S/C15H19Cl2F3N4O/c1-2-21-14(23-6-5-15(18,19)20)24-8-7-22-13(25)10-3-4-11(16)12(17)9-10/h3-4,9H,2,5-8H2,1H3,(H,22,25)(H2,21,23,24). The largest absolute Gasteiger partial charge is 0.390 e. The molecule has 1 rings (SSSR count). The van der Waals surface area contributed by atoms with Crippen molar-refractivity contribution in [1.29, 1.82) is 0 Å². The maximum atomic E-state index is 12.1. The molecule has 140 valence electrons. The second-order valence-electron chi connectivity index (χ2n) is 4.94. The van der Waals surface area contributed by atoms with Crippen LogP contribution in [0.25, 0.3) is 0 Å². The summed E-state index contributed by atoms with van der Waals surface area (Å²) in [6.07, 6.45) is -5.23. The van der Waals surface area contributed by atoms with Crippen molar-refractivity contribution in [3.63, 3.8) is 0 Å². The molecular weight excluding hydrogens is 380 g/mol. The van der Waals surface area contributed by atoms with Crippen molar-refractivity contribution in [3.8, 4) is 0 Å². The highest BCUT2D eigenvalue weighted by atomic mass is 35.5. The number of carbonyl (C=O) groups is 1. The van der Waals surface area contributed by atoms with Gasteiger partial charge in [0.2, 0.25) is 0 Å². The predicted molar refractivity (Wildman–Crippen MR) is 93.4 cm³/mol. The molecule has 3 N–H and O–H groups in total.